The molecule has 0 aliphatic carbocycles. The molecule has 1 unspecified atom stereocenters. The molecule has 1 aliphatic heterocycles. The Morgan fingerprint density at radius 3 is 2.46 bits per heavy atom. The molecule has 0 radical (unpaired) electrons. The molecule has 1 aromatic carbocycles. The number of nitrogens with one attached hydrogen (secondary N) is 2. The number of hydrogen-bond donors (Lipinski definition) is 2. The average Bonchev–Trinajstić information content (AvgIpc) is 2.47. The Hall–Kier alpha value is -2.41. The van der Waals surface area contributed by atoms with Gasteiger partial charge < -0.3 is 15.1 Å². The fraction of sp³-hybridized carbons (Fsp3) is 0.471. The van der Waals surface area contributed by atoms with Crippen molar-refractivity contribution >= 4 is 29.1 Å². The van der Waals surface area contributed by atoms with Crippen LogP contribution in [0.4, 0.5) is 11.4 Å². The van der Waals surface area contributed by atoms with Gasteiger partial charge in [-0.2, -0.15) is 0 Å². The van der Waals surface area contributed by atoms with Gasteiger partial charge >= 0.3 is 0 Å². The van der Waals surface area contributed by atoms with Gasteiger partial charge in [-0.3, -0.25) is 19.3 Å². The molecule has 1 aliphatic rings. The molecule has 2 N–H and O–H groups in total. The topological polar surface area (TPSA) is 74.2 Å². The summed E-state index contributed by atoms with van der Waals surface area (Å²) in [5.41, 5.74) is 0.313. The quantitative estimate of drug-likeness (QED) is 0.769. The van der Waals surface area contributed by atoms with Crippen molar-refractivity contribution in [2.75, 3.05) is 44.4 Å². The van der Waals surface area contributed by atoms with Crippen LogP contribution < -0.4 is 15.1 Å². The summed E-state index contributed by atoms with van der Waals surface area (Å²) in [5.74, 6) is -0.459. The number of likely N-dealkylation sites (N-methyl/N-ethyl adjacent to an activating group) is 2. The van der Waals surface area contributed by atoms with Gasteiger partial charge in [-0.15, -0.1) is 0 Å². The summed E-state index contributed by atoms with van der Waals surface area (Å²) in [4.78, 5) is 40.9. The van der Waals surface area contributed by atoms with Crippen LogP contribution in [-0.2, 0) is 14.4 Å². The van der Waals surface area contributed by atoms with Crippen LogP contribution in [-0.4, -0.2) is 62.4 Å². The van der Waals surface area contributed by atoms with Crippen molar-refractivity contribution in [3.05, 3.63) is 24.3 Å². The van der Waals surface area contributed by atoms with Gasteiger partial charge in [0.05, 0.1) is 18.4 Å². The van der Waals surface area contributed by atoms with Crippen LogP contribution >= 0.6 is 0 Å². The van der Waals surface area contributed by atoms with Crippen molar-refractivity contribution in [1.29, 1.82) is 0 Å². The lowest BCUT2D eigenvalue weighted by Crippen LogP contribution is -3.11. The monoisotopic (exact) mass is 333 g/mol. The van der Waals surface area contributed by atoms with E-state index in [0.29, 0.717) is 11.4 Å². The number of para-hydroxylation sites is 2. The average molecular weight is 333 g/mol. The minimum Gasteiger partial charge on any atom is -0.344 e. The van der Waals surface area contributed by atoms with E-state index in [4.69, 9.17) is 0 Å². The van der Waals surface area contributed by atoms with Gasteiger partial charge in [0.15, 0.2) is 13.1 Å². The van der Waals surface area contributed by atoms with E-state index in [-0.39, 0.29) is 30.8 Å². The minimum absolute atomic E-state index is 0.0450. The standard InChI is InChI=1S/C17H24N4O3/c1-17(2)16(24)18-12-8-6-7-9-13(12)21(17)15(23)11-20(5)10-14(22)19(3)4/h6-9H,10-11H2,1-5H3,(H,18,24)/p+1. The van der Waals surface area contributed by atoms with Crippen molar-refractivity contribution in [2.45, 2.75) is 19.4 Å². The van der Waals surface area contributed by atoms with E-state index in [1.54, 1.807) is 41.1 Å². The number of quaternary nitrogens is 1. The number of rotatable bonds is 4. The van der Waals surface area contributed by atoms with Crippen molar-refractivity contribution in [2.24, 2.45) is 0 Å². The maximum absolute atomic E-state index is 12.9. The highest BCUT2D eigenvalue weighted by Gasteiger charge is 2.44. The third-order valence-electron chi connectivity index (χ3n) is 4.16. The lowest BCUT2D eigenvalue weighted by atomic mass is 9.96. The maximum Gasteiger partial charge on any atom is 0.283 e. The summed E-state index contributed by atoms with van der Waals surface area (Å²) in [5, 5.41) is 2.84. The molecule has 0 aromatic heterocycles. The summed E-state index contributed by atoms with van der Waals surface area (Å²) in [6.45, 7) is 3.79. The first-order valence-electron chi connectivity index (χ1n) is 7.89. The zero-order chi connectivity index (χ0) is 18.1. The van der Waals surface area contributed by atoms with Gasteiger partial charge in [0, 0.05) is 14.1 Å². The number of benzene rings is 1. The SMILES string of the molecule is CN(C)C(=O)C[NH+](C)CC(=O)N1c2ccccc2NC(=O)C1(C)C. The van der Waals surface area contributed by atoms with E-state index >= 15 is 0 Å². The van der Waals surface area contributed by atoms with E-state index in [1.807, 2.05) is 18.2 Å². The highest BCUT2D eigenvalue weighted by molar-refractivity contribution is 6.14. The Kier molecular flexibility index (Phi) is 4.94. The molecule has 1 heterocycles. The Labute approximate surface area is 142 Å². The number of nitrogens with zero attached hydrogens (tertiary/aromatic N) is 2. The molecule has 1 atom stereocenters. The van der Waals surface area contributed by atoms with E-state index in [0.717, 1.165) is 4.90 Å². The van der Waals surface area contributed by atoms with E-state index in [9.17, 15) is 14.4 Å². The second-order valence-corrected chi connectivity index (χ2v) is 6.86. The fourth-order valence-corrected chi connectivity index (χ4v) is 2.71. The van der Waals surface area contributed by atoms with E-state index in [1.165, 1.54) is 9.80 Å². The highest BCUT2D eigenvalue weighted by atomic mass is 16.2. The number of carbonyl (C=O) groups is 3. The molecule has 0 bridgehead atoms. The van der Waals surface area contributed by atoms with E-state index < -0.39 is 5.54 Å². The number of hydrogen-bond acceptors (Lipinski definition) is 3. The molecule has 0 spiro atoms. The first-order chi connectivity index (χ1) is 11.1. The van der Waals surface area contributed by atoms with Crippen molar-refractivity contribution in [3.63, 3.8) is 0 Å². The summed E-state index contributed by atoms with van der Waals surface area (Å²) in [7, 11) is 5.17. The Balaban J connectivity index is 2.23. The van der Waals surface area contributed by atoms with Crippen LogP contribution in [0.15, 0.2) is 24.3 Å². The van der Waals surface area contributed by atoms with Gasteiger partial charge in [-0.25, -0.2) is 0 Å². The molecular formula is C17H25N4O3+. The predicted octanol–water partition coefficient (Wildman–Crippen LogP) is -0.647. The van der Waals surface area contributed by atoms with E-state index in [2.05, 4.69) is 5.32 Å². The molecule has 24 heavy (non-hydrogen) atoms. The lowest BCUT2D eigenvalue weighted by Gasteiger charge is -2.42. The highest BCUT2D eigenvalue weighted by Crippen LogP contribution is 2.36. The number of anilines is 2. The maximum atomic E-state index is 12.9. The third kappa shape index (κ3) is 3.41. The molecule has 0 saturated carbocycles. The zero-order valence-electron chi connectivity index (χ0n) is 14.8. The van der Waals surface area contributed by atoms with Gasteiger partial charge in [0.2, 0.25) is 5.91 Å². The number of carbonyl (C=O) groups excluding carboxylic acids is 3. The summed E-state index contributed by atoms with van der Waals surface area (Å²) in [6.07, 6.45) is 0. The molecule has 130 valence electrons. The second-order valence-electron chi connectivity index (χ2n) is 6.86. The van der Waals surface area contributed by atoms with Crippen LogP contribution in [0.2, 0.25) is 0 Å². The predicted molar refractivity (Wildman–Crippen MR) is 92.0 cm³/mol. The molecule has 7 heteroatoms. The first-order valence-corrected chi connectivity index (χ1v) is 7.89. The molecule has 1 aromatic rings. The van der Waals surface area contributed by atoms with Crippen molar-refractivity contribution in [1.82, 2.24) is 4.90 Å². The second kappa shape index (κ2) is 6.60. The lowest BCUT2D eigenvalue weighted by molar-refractivity contribution is -0.862. The van der Waals surface area contributed by atoms with Crippen LogP contribution in [0.5, 0.6) is 0 Å². The Bertz CT molecular complexity index is 670. The number of amides is 3. The molecule has 0 saturated heterocycles. The summed E-state index contributed by atoms with van der Waals surface area (Å²) >= 11 is 0. The van der Waals surface area contributed by atoms with Crippen molar-refractivity contribution in [3.8, 4) is 0 Å². The molecule has 2 rings (SSSR count). The van der Waals surface area contributed by atoms with Gasteiger partial charge in [-0.05, 0) is 26.0 Å². The third-order valence-corrected chi connectivity index (χ3v) is 4.16. The Morgan fingerprint density at radius 2 is 1.83 bits per heavy atom. The van der Waals surface area contributed by atoms with Gasteiger partial charge in [0.1, 0.15) is 5.54 Å². The fourth-order valence-electron chi connectivity index (χ4n) is 2.71. The molecular weight excluding hydrogens is 308 g/mol. The zero-order valence-corrected chi connectivity index (χ0v) is 14.8. The van der Waals surface area contributed by atoms with Crippen molar-refractivity contribution < 1.29 is 19.3 Å². The van der Waals surface area contributed by atoms with Crippen LogP contribution in [0.3, 0.4) is 0 Å². The van der Waals surface area contributed by atoms with Gasteiger partial charge in [-0.1, -0.05) is 12.1 Å². The number of fused-ring (bicyclic) bond motifs is 1. The van der Waals surface area contributed by atoms with Crippen LogP contribution in [0, 0.1) is 0 Å². The summed E-state index contributed by atoms with van der Waals surface area (Å²) < 4.78 is 0. The molecule has 7 nitrogen and oxygen atoms in total. The minimum atomic E-state index is -0.989. The van der Waals surface area contributed by atoms with Gasteiger partial charge in [0.25, 0.3) is 11.8 Å². The summed E-state index contributed by atoms with van der Waals surface area (Å²) in [6, 6.07) is 7.23. The Morgan fingerprint density at radius 1 is 1.21 bits per heavy atom. The van der Waals surface area contributed by atoms with Crippen LogP contribution in [0.25, 0.3) is 0 Å². The molecule has 3 amide bonds. The molecule has 0 fully saturated rings. The normalized spacial score (nSPS) is 16.9. The largest absolute Gasteiger partial charge is 0.344 e. The smallest absolute Gasteiger partial charge is 0.283 e. The first kappa shape index (κ1) is 17.9. The van der Waals surface area contributed by atoms with Crippen LogP contribution in [0.1, 0.15) is 13.8 Å².